The number of aliphatic imine (C=N–C) groups is 2. The highest BCUT2D eigenvalue weighted by atomic mass is 16.3. The second kappa shape index (κ2) is 13.8. The van der Waals surface area contributed by atoms with E-state index in [1.54, 1.807) is 0 Å². The van der Waals surface area contributed by atoms with Gasteiger partial charge in [0.1, 0.15) is 23.0 Å². The molecule has 0 saturated carbocycles. The molecular formula is C53H37N3O. The lowest BCUT2D eigenvalue weighted by Gasteiger charge is -2.26. The summed E-state index contributed by atoms with van der Waals surface area (Å²) < 4.78 is 6.99. The summed E-state index contributed by atoms with van der Waals surface area (Å²) in [4.78, 5) is 10.8. The quantitative estimate of drug-likeness (QED) is 0.185. The van der Waals surface area contributed by atoms with Crippen molar-refractivity contribution in [3.63, 3.8) is 0 Å². The van der Waals surface area contributed by atoms with Gasteiger partial charge in [0.05, 0.1) is 0 Å². The Morgan fingerprint density at radius 1 is 0.491 bits per heavy atom. The zero-order valence-corrected chi connectivity index (χ0v) is 31.1. The highest BCUT2D eigenvalue weighted by Crippen LogP contribution is 2.49. The van der Waals surface area contributed by atoms with Gasteiger partial charge in [-0.15, -0.1) is 0 Å². The highest BCUT2D eigenvalue weighted by Gasteiger charge is 2.34. The lowest BCUT2D eigenvalue weighted by Crippen LogP contribution is -2.36. The largest absolute Gasteiger partial charge is 0.460 e. The topological polar surface area (TPSA) is 49.9 Å². The molecule has 1 aliphatic heterocycles. The molecule has 4 nitrogen and oxygen atoms in total. The van der Waals surface area contributed by atoms with Crippen LogP contribution in [0.25, 0.3) is 55.1 Å². The predicted molar refractivity (Wildman–Crippen MR) is 234 cm³/mol. The van der Waals surface area contributed by atoms with Crippen LogP contribution >= 0.6 is 0 Å². The first-order valence-corrected chi connectivity index (χ1v) is 19.6. The van der Waals surface area contributed by atoms with Gasteiger partial charge in [-0.25, -0.2) is 9.98 Å². The predicted octanol–water partition coefficient (Wildman–Crippen LogP) is 12.8. The van der Waals surface area contributed by atoms with E-state index in [1.165, 1.54) is 33.2 Å². The third kappa shape index (κ3) is 5.85. The lowest BCUT2D eigenvalue weighted by atomic mass is 9.78. The van der Waals surface area contributed by atoms with E-state index in [-0.39, 0.29) is 5.92 Å². The van der Waals surface area contributed by atoms with Crippen LogP contribution in [0.1, 0.15) is 45.7 Å². The van der Waals surface area contributed by atoms with Crippen molar-refractivity contribution in [2.45, 2.75) is 18.5 Å². The normalized spacial score (nSPS) is 16.0. The van der Waals surface area contributed by atoms with Crippen molar-refractivity contribution in [3.05, 3.63) is 228 Å². The van der Waals surface area contributed by atoms with Crippen molar-refractivity contribution in [2.24, 2.45) is 9.98 Å². The van der Waals surface area contributed by atoms with Crippen LogP contribution in [0.15, 0.2) is 209 Å². The Labute approximate surface area is 331 Å². The molecule has 1 N–H and O–H groups in total. The Morgan fingerprint density at radius 3 is 1.95 bits per heavy atom. The van der Waals surface area contributed by atoms with Crippen molar-refractivity contribution < 1.29 is 4.42 Å². The average Bonchev–Trinajstić information content (AvgIpc) is 3.70. The molecule has 0 radical (unpaired) electrons. The van der Waals surface area contributed by atoms with Gasteiger partial charge < -0.3 is 9.73 Å². The Morgan fingerprint density at radius 2 is 1.11 bits per heavy atom. The van der Waals surface area contributed by atoms with E-state index >= 15 is 0 Å². The van der Waals surface area contributed by atoms with E-state index in [4.69, 9.17) is 14.4 Å². The third-order valence-electron chi connectivity index (χ3n) is 11.5. The van der Waals surface area contributed by atoms with Gasteiger partial charge in [-0.3, -0.25) is 0 Å². The van der Waals surface area contributed by atoms with Gasteiger partial charge in [0.25, 0.3) is 0 Å². The minimum absolute atomic E-state index is 0.0579. The maximum absolute atomic E-state index is 6.99. The molecule has 8 aromatic carbocycles. The zero-order valence-electron chi connectivity index (χ0n) is 31.1. The summed E-state index contributed by atoms with van der Waals surface area (Å²) in [7, 11) is 0. The number of hydrogen-bond acceptors (Lipinski definition) is 4. The number of fused-ring (bicyclic) bond motifs is 6. The monoisotopic (exact) mass is 731 g/mol. The van der Waals surface area contributed by atoms with Crippen LogP contribution in [-0.2, 0) is 6.42 Å². The summed E-state index contributed by atoms with van der Waals surface area (Å²) in [5, 5.41) is 7.12. The summed E-state index contributed by atoms with van der Waals surface area (Å²) in [6.07, 6.45) is 0.392. The number of nitrogens with one attached hydrogen (secondary N) is 1. The molecule has 0 bridgehead atoms. The van der Waals surface area contributed by atoms with Gasteiger partial charge in [-0.2, -0.15) is 0 Å². The first-order valence-electron chi connectivity index (χ1n) is 19.6. The van der Waals surface area contributed by atoms with Crippen molar-refractivity contribution in [1.29, 1.82) is 0 Å². The Hall–Kier alpha value is -7.30. The molecule has 0 amide bonds. The van der Waals surface area contributed by atoms with Crippen molar-refractivity contribution >= 4 is 33.4 Å². The first-order chi connectivity index (χ1) is 28.2. The van der Waals surface area contributed by atoms with Gasteiger partial charge in [-0.1, -0.05) is 182 Å². The minimum Gasteiger partial charge on any atom is -0.460 e. The van der Waals surface area contributed by atoms with Gasteiger partial charge >= 0.3 is 0 Å². The molecule has 0 saturated heterocycles. The fourth-order valence-corrected chi connectivity index (χ4v) is 8.76. The Kier molecular flexibility index (Phi) is 7.99. The molecule has 9 aromatic rings. The van der Waals surface area contributed by atoms with E-state index in [2.05, 4.69) is 199 Å². The molecule has 4 heteroatoms. The second-order valence-electron chi connectivity index (χ2n) is 14.9. The molecule has 270 valence electrons. The number of benzene rings is 8. The third-order valence-corrected chi connectivity index (χ3v) is 11.5. The molecule has 57 heavy (non-hydrogen) atoms. The molecule has 2 heterocycles. The Bertz CT molecular complexity index is 3010. The van der Waals surface area contributed by atoms with Gasteiger partial charge in [-0.05, 0) is 68.3 Å². The minimum atomic E-state index is -0.469. The number of amidine groups is 2. The van der Waals surface area contributed by atoms with Crippen LogP contribution in [0.2, 0.25) is 0 Å². The maximum Gasteiger partial charge on any atom is 0.170 e. The van der Waals surface area contributed by atoms with Gasteiger partial charge in [0.15, 0.2) is 6.17 Å². The van der Waals surface area contributed by atoms with Crippen LogP contribution in [0.4, 0.5) is 0 Å². The van der Waals surface area contributed by atoms with E-state index < -0.39 is 6.17 Å². The lowest BCUT2D eigenvalue weighted by molar-refractivity contribution is 0.515. The number of furan rings is 1. The smallest absolute Gasteiger partial charge is 0.170 e. The van der Waals surface area contributed by atoms with E-state index in [0.717, 1.165) is 73.6 Å². The van der Waals surface area contributed by atoms with E-state index in [1.807, 2.05) is 0 Å². The standard InChI is InChI=1S/C53H37N3O/c1-3-14-34(15-4-1)36-28-30-38(31-29-36)46-33-40-19-8-10-24-43(40)49-48-45(26-13-27-47(48)57-50(46)49)53-55-51(41-22-11-21-39(32-41)35-16-5-2-6-17-35)54-52(56-53)44-25-12-20-37-18-7-9-23-42(37)44/h1-32,46,52H,33H2,(H,54,55,56). The summed E-state index contributed by atoms with van der Waals surface area (Å²) in [6, 6.07) is 68.7. The van der Waals surface area contributed by atoms with Crippen LogP contribution in [0, 0.1) is 0 Å². The maximum atomic E-state index is 6.99. The molecule has 0 spiro atoms. The molecule has 2 atom stereocenters. The molecule has 2 unspecified atom stereocenters. The number of hydrogen-bond donors (Lipinski definition) is 1. The second-order valence-corrected chi connectivity index (χ2v) is 14.9. The molecular weight excluding hydrogens is 695 g/mol. The molecule has 11 rings (SSSR count). The molecule has 1 aromatic heterocycles. The fraction of sp³-hybridized carbons (Fsp3) is 0.0566. The van der Waals surface area contributed by atoms with E-state index in [0.29, 0.717) is 0 Å². The zero-order chi connectivity index (χ0) is 37.7. The molecule has 0 fully saturated rings. The van der Waals surface area contributed by atoms with Crippen molar-refractivity contribution in [1.82, 2.24) is 5.32 Å². The summed E-state index contributed by atoms with van der Waals surface area (Å²) in [5.41, 5.74) is 13.5. The average molecular weight is 732 g/mol. The summed E-state index contributed by atoms with van der Waals surface area (Å²) in [5.74, 6) is 2.60. The molecule has 2 aliphatic rings. The van der Waals surface area contributed by atoms with Gasteiger partial charge in [0, 0.05) is 33.6 Å². The number of rotatable bonds is 6. The first kappa shape index (κ1) is 33.1. The summed E-state index contributed by atoms with van der Waals surface area (Å²) in [6.45, 7) is 0. The number of nitrogens with zero attached hydrogens (tertiary/aromatic N) is 2. The SMILES string of the molecule is c1ccc(-c2ccc(C3Cc4ccccc4-c4c3oc3cccc(C5=NC(c6cccc7ccccc67)N=C(c6cccc(-c7ccccc7)c6)N5)c43)cc2)cc1. The van der Waals surface area contributed by atoms with Crippen LogP contribution in [0.3, 0.4) is 0 Å². The summed E-state index contributed by atoms with van der Waals surface area (Å²) >= 11 is 0. The van der Waals surface area contributed by atoms with Gasteiger partial charge in [0.2, 0.25) is 0 Å². The van der Waals surface area contributed by atoms with Crippen molar-refractivity contribution in [2.75, 3.05) is 0 Å². The van der Waals surface area contributed by atoms with Crippen LogP contribution in [-0.4, -0.2) is 11.7 Å². The fourth-order valence-electron chi connectivity index (χ4n) is 8.76. The Balaban J connectivity index is 1.08. The van der Waals surface area contributed by atoms with Crippen LogP contribution in [0.5, 0.6) is 0 Å². The van der Waals surface area contributed by atoms with Crippen LogP contribution < -0.4 is 5.32 Å². The van der Waals surface area contributed by atoms with E-state index in [9.17, 15) is 0 Å². The molecule has 1 aliphatic carbocycles. The highest BCUT2D eigenvalue weighted by molar-refractivity contribution is 6.22. The van der Waals surface area contributed by atoms with Crippen molar-refractivity contribution in [3.8, 4) is 33.4 Å².